The van der Waals surface area contributed by atoms with Gasteiger partial charge in [0.2, 0.25) is 21.8 Å². The second-order valence-electron chi connectivity index (χ2n) is 6.44. The molecule has 0 saturated carbocycles. The van der Waals surface area contributed by atoms with Crippen molar-refractivity contribution < 1.29 is 12.8 Å². The summed E-state index contributed by atoms with van der Waals surface area (Å²) < 4.78 is 32.8. The summed E-state index contributed by atoms with van der Waals surface area (Å²) in [5.41, 5.74) is 1.64. The molecule has 7 nitrogen and oxygen atoms in total. The van der Waals surface area contributed by atoms with Crippen LogP contribution in [0.1, 0.15) is 23.9 Å². The van der Waals surface area contributed by atoms with E-state index in [1.807, 2.05) is 19.1 Å². The van der Waals surface area contributed by atoms with Crippen molar-refractivity contribution in [3.63, 3.8) is 0 Å². The molecule has 1 aliphatic heterocycles. The zero-order valence-electron chi connectivity index (χ0n) is 14.5. The molecule has 3 heterocycles. The summed E-state index contributed by atoms with van der Waals surface area (Å²) in [6, 6.07) is 10.0. The van der Waals surface area contributed by atoms with Crippen LogP contribution in [0.25, 0.3) is 11.5 Å². The van der Waals surface area contributed by atoms with E-state index in [0.717, 1.165) is 11.3 Å². The number of nitrogens with zero attached hydrogens (tertiary/aromatic N) is 4. The molecule has 0 aliphatic carbocycles. The van der Waals surface area contributed by atoms with Crippen LogP contribution in [-0.2, 0) is 10.0 Å². The molecule has 0 radical (unpaired) electrons. The van der Waals surface area contributed by atoms with Crippen molar-refractivity contribution >= 4 is 21.6 Å². The fourth-order valence-corrected chi connectivity index (χ4v) is 4.84. The third-order valence-corrected chi connectivity index (χ3v) is 6.63. The quantitative estimate of drug-likeness (QED) is 0.663. The van der Waals surface area contributed by atoms with Gasteiger partial charge >= 0.3 is 0 Å². The minimum Gasteiger partial charge on any atom is -0.420 e. The van der Waals surface area contributed by atoms with Crippen LogP contribution < -0.4 is 0 Å². The van der Waals surface area contributed by atoms with Gasteiger partial charge in [0.1, 0.15) is 0 Å². The molecule has 0 amide bonds. The first-order valence-electron chi connectivity index (χ1n) is 8.45. The molecule has 1 fully saturated rings. The maximum Gasteiger partial charge on any atom is 0.249 e. The normalized spacial score (nSPS) is 18.1. The third kappa shape index (κ3) is 3.60. The first-order valence-corrected chi connectivity index (χ1v) is 10.3. The van der Waals surface area contributed by atoms with E-state index in [-0.39, 0.29) is 10.8 Å². The molecular formula is C18H17ClN4O3S. The summed E-state index contributed by atoms with van der Waals surface area (Å²) in [4.78, 5) is 4.41. The fraction of sp³-hybridized carbons (Fsp3) is 0.278. The molecule has 27 heavy (non-hydrogen) atoms. The van der Waals surface area contributed by atoms with Crippen molar-refractivity contribution in [2.75, 3.05) is 13.1 Å². The average molecular weight is 405 g/mol. The van der Waals surface area contributed by atoms with E-state index in [9.17, 15) is 8.42 Å². The van der Waals surface area contributed by atoms with Gasteiger partial charge in [-0.15, -0.1) is 10.2 Å². The summed E-state index contributed by atoms with van der Waals surface area (Å²) in [6.45, 7) is 2.59. The number of aromatic nitrogens is 3. The maximum absolute atomic E-state index is 12.8. The Labute approximate surface area is 162 Å². The Kier molecular flexibility index (Phi) is 4.71. The van der Waals surface area contributed by atoms with Gasteiger partial charge in [-0.1, -0.05) is 17.7 Å². The summed E-state index contributed by atoms with van der Waals surface area (Å²) in [7, 11) is -3.60. The first-order chi connectivity index (χ1) is 12.9. The van der Waals surface area contributed by atoms with Crippen LogP contribution in [0.4, 0.5) is 0 Å². The number of benzene rings is 1. The van der Waals surface area contributed by atoms with Gasteiger partial charge in [0.25, 0.3) is 0 Å². The molecule has 1 saturated heterocycles. The molecule has 0 bridgehead atoms. The van der Waals surface area contributed by atoms with Gasteiger partial charge in [-0.05, 0) is 43.7 Å². The Morgan fingerprint density at radius 2 is 2.07 bits per heavy atom. The van der Waals surface area contributed by atoms with Crippen molar-refractivity contribution in [1.82, 2.24) is 19.5 Å². The van der Waals surface area contributed by atoms with Crippen LogP contribution in [0.5, 0.6) is 0 Å². The van der Waals surface area contributed by atoms with Gasteiger partial charge in [0, 0.05) is 30.0 Å². The first kappa shape index (κ1) is 18.1. The predicted molar refractivity (Wildman–Crippen MR) is 99.8 cm³/mol. The number of sulfonamides is 1. The van der Waals surface area contributed by atoms with Crippen LogP contribution in [0.15, 0.2) is 51.9 Å². The van der Waals surface area contributed by atoms with Gasteiger partial charge in [0.15, 0.2) is 0 Å². The predicted octanol–water partition coefficient (Wildman–Crippen LogP) is 3.27. The second-order valence-corrected chi connectivity index (χ2v) is 8.81. The molecule has 3 aromatic rings. The van der Waals surface area contributed by atoms with Crippen LogP contribution in [0.2, 0.25) is 5.02 Å². The molecule has 4 rings (SSSR count). The van der Waals surface area contributed by atoms with Gasteiger partial charge in [-0.3, -0.25) is 4.98 Å². The van der Waals surface area contributed by atoms with Crippen molar-refractivity contribution in [2.45, 2.75) is 24.2 Å². The average Bonchev–Trinajstić information content (AvgIpc) is 3.32. The van der Waals surface area contributed by atoms with Crippen LogP contribution in [-0.4, -0.2) is 41.0 Å². The Bertz CT molecular complexity index is 1070. The van der Waals surface area contributed by atoms with E-state index in [1.165, 1.54) is 10.4 Å². The highest BCUT2D eigenvalue weighted by Crippen LogP contribution is 2.32. The molecule has 0 N–H and O–H groups in total. The van der Waals surface area contributed by atoms with Gasteiger partial charge < -0.3 is 4.42 Å². The zero-order valence-corrected chi connectivity index (χ0v) is 16.1. The Morgan fingerprint density at radius 1 is 1.22 bits per heavy atom. The van der Waals surface area contributed by atoms with Crippen molar-refractivity contribution in [2.24, 2.45) is 0 Å². The largest absolute Gasteiger partial charge is 0.420 e. The standard InChI is InChI=1S/C18H17ClN4O3S/c1-12-5-6-13(10-20-12)17-21-22-18(26-17)14-7-8-23(11-14)27(24,25)16-4-2-3-15(19)9-16/h2-6,9-10,14H,7-8,11H2,1H3/t14-/m1/s1. The molecule has 1 aliphatic rings. The smallest absolute Gasteiger partial charge is 0.249 e. The van der Waals surface area contributed by atoms with Crippen LogP contribution >= 0.6 is 11.6 Å². The molecule has 0 unspecified atom stereocenters. The number of hydrogen-bond donors (Lipinski definition) is 0. The van der Waals surface area contributed by atoms with Gasteiger partial charge in [-0.25, -0.2) is 8.42 Å². The van der Waals surface area contributed by atoms with E-state index in [2.05, 4.69) is 15.2 Å². The minimum absolute atomic E-state index is 0.140. The van der Waals surface area contributed by atoms with Crippen molar-refractivity contribution in [1.29, 1.82) is 0 Å². The van der Waals surface area contributed by atoms with E-state index < -0.39 is 10.0 Å². The van der Waals surface area contributed by atoms with E-state index in [0.29, 0.717) is 36.3 Å². The number of rotatable bonds is 4. The fourth-order valence-electron chi connectivity index (χ4n) is 3.04. The highest BCUT2D eigenvalue weighted by molar-refractivity contribution is 7.89. The molecule has 140 valence electrons. The third-order valence-electron chi connectivity index (χ3n) is 4.53. The zero-order chi connectivity index (χ0) is 19.0. The van der Waals surface area contributed by atoms with E-state index in [1.54, 1.807) is 24.4 Å². The Morgan fingerprint density at radius 3 is 2.81 bits per heavy atom. The highest BCUT2D eigenvalue weighted by Gasteiger charge is 2.35. The second kappa shape index (κ2) is 7.03. The summed E-state index contributed by atoms with van der Waals surface area (Å²) in [5.74, 6) is 0.682. The summed E-state index contributed by atoms with van der Waals surface area (Å²) in [5, 5.41) is 8.58. The number of halogens is 1. The molecule has 1 atom stereocenters. The monoisotopic (exact) mass is 404 g/mol. The maximum atomic E-state index is 12.8. The van der Waals surface area contributed by atoms with Crippen LogP contribution in [0.3, 0.4) is 0 Å². The summed E-state index contributed by atoms with van der Waals surface area (Å²) in [6.07, 6.45) is 2.30. The SMILES string of the molecule is Cc1ccc(-c2nnc([C@@H]3CCN(S(=O)(=O)c4cccc(Cl)c4)C3)o2)cn1. The van der Waals surface area contributed by atoms with Gasteiger partial charge in [0.05, 0.1) is 16.4 Å². The molecule has 0 spiro atoms. The Hall–Kier alpha value is -2.29. The topological polar surface area (TPSA) is 89.2 Å². The molecule has 1 aromatic carbocycles. The van der Waals surface area contributed by atoms with Crippen molar-refractivity contribution in [3.8, 4) is 11.5 Å². The van der Waals surface area contributed by atoms with Gasteiger partial charge in [-0.2, -0.15) is 4.31 Å². The number of hydrogen-bond acceptors (Lipinski definition) is 6. The minimum atomic E-state index is -3.60. The van der Waals surface area contributed by atoms with Crippen molar-refractivity contribution in [3.05, 3.63) is 59.2 Å². The summed E-state index contributed by atoms with van der Waals surface area (Å²) >= 11 is 5.93. The lowest BCUT2D eigenvalue weighted by molar-refractivity contribution is 0.440. The highest BCUT2D eigenvalue weighted by atomic mass is 35.5. The number of aryl methyl sites for hydroxylation is 1. The van der Waals surface area contributed by atoms with E-state index in [4.69, 9.17) is 16.0 Å². The molecule has 9 heteroatoms. The Balaban J connectivity index is 1.52. The molecular weight excluding hydrogens is 388 g/mol. The van der Waals surface area contributed by atoms with E-state index >= 15 is 0 Å². The molecule has 2 aromatic heterocycles. The number of pyridine rings is 1. The lowest BCUT2D eigenvalue weighted by Crippen LogP contribution is -2.28. The van der Waals surface area contributed by atoms with Crippen LogP contribution in [0, 0.1) is 6.92 Å². The lowest BCUT2D eigenvalue weighted by Gasteiger charge is -2.16. The lowest BCUT2D eigenvalue weighted by atomic mass is 10.1.